The van der Waals surface area contributed by atoms with Crippen LogP contribution in [0, 0.1) is 5.41 Å². The first-order chi connectivity index (χ1) is 15.4. The Morgan fingerprint density at radius 3 is 2.56 bits per heavy atom. The van der Waals surface area contributed by atoms with Crippen molar-refractivity contribution in [1.82, 2.24) is 0 Å². The molecule has 0 fully saturated rings. The van der Waals surface area contributed by atoms with E-state index in [1.807, 2.05) is 48.5 Å². The minimum absolute atomic E-state index is 0.0875. The summed E-state index contributed by atoms with van der Waals surface area (Å²) in [5.74, 6) is 0.183. The van der Waals surface area contributed by atoms with Gasteiger partial charge in [0.15, 0.2) is 10.9 Å². The first-order valence-electron chi connectivity index (χ1n) is 10.7. The van der Waals surface area contributed by atoms with Crippen molar-refractivity contribution in [2.45, 2.75) is 32.7 Å². The molecule has 2 heterocycles. The summed E-state index contributed by atoms with van der Waals surface area (Å²) in [6.45, 7) is 4.32. The normalized spacial score (nSPS) is 19.5. The van der Waals surface area contributed by atoms with Crippen LogP contribution in [0.25, 0.3) is 0 Å². The fourth-order valence-corrected chi connectivity index (χ4v) is 5.78. The predicted molar refractivity (Wildman–Crippen MR) is 137 cm³/mol. The molecule has 1 atom stereocenters. The van der Waals surface area contributed by atoms with E-state index in [9.17, 15) is 4.79 Å². The molecule has 0 bridgehead atoms. The molecule has 1 aliphatic heterocycles. The minimum Gasteiger partial charge on any atom is -0.357 e. The van der Waals surface area contributed by atoms with Crippen LogP contribution in [0.5, 0.6) is 0 Å². The van der Waals surface area contributed by atoms with Crippen LogP contribution in [-0.2, 0) is 4.79 Å². The van der Waals surface area contributed by atoms with Crippen molar-refractivity contribution in [2.75, 3.05) is 15.5 Å². The van der Waals surface area contributed by atoms with Crippen LogP contribution < -0.4 is 15.5 Å². The molecule has 1 aromatic heterocycles. The van der Waals surface area contributed by atoms with Gasteiger partial charge in [0, 0.05) is 28.3 Å². The summed E-state index contributed by atoms with van der Waals surface area (Å²) in [5.41, 5.74) is 4.57. The molecule has 0 spiro atoms. The Labute approximate surface area is 198 Å². The Morgan fingerprint density at radius 1 is 1.06 bits per heavy atom. The van der Waals surface area contributed by atoms with Gasteiger partial charge in [-0.25, -0.2) is 0 Å². The Morgan fingerprint density at radius 2 is 1.81 bits per heavy atom. The van der Waals surface area contributed by atoms with E-state index in [1.54, 1.807) is 11.3 Å². The molecule has 0 saturated heterocycles. The maximum Gasteiger partial charge on any atom is 0.178 e. The molecule has 162 valence electrons. The molecule has 2 aliphatic rings. The number of thiocarbonyl (C=S) groups is 1. The number of Topliss-reactive ketones (excluding diaryl/α,β-unsaturated/α-hetero) is 1. The fraction of sp³-hybridized carbons (Fsp3) is 0.231. The third-order valence-corrected chi connectivity index (χ3v) is 7.18. The number of benzene rings is 2. The molecule has 2 N–H and O–H groups in total. The number of rotatable bonds is 2. The van der Waals surface area contributed by atoms with Gasteiger partial charge in [0.2, 0.25) is 0 Å². The Balaban J connectivity index is 1.70. The smallest absolute Gasteiger partial charge is 0.178 e. The van der Waals surface area contributed by atoms with E-state index < -0.39 is 0 Å². The zero-order valence-electron chi connectivity index (χ0n) is 18.1. The number of hydrogen-bond acceptors (Lipinski definition) is 4. The maximum absolute atomic E-state index is 13.6. The average molecular weight is 460 g/mol. The molecule has 0 amide bonds. The van der Waals surface area contributed by atoms with Crippen LogP contribution in [0.4, 0.5) is 17.1 Å². The molecular weight excluding hydrogens is 434 g/mol. The lowest BCUT2D eigenvalue weighted by atomic mass is 9.74. The molecule has 0 saturated carbocycles. The standard InChI is InChI=1S/C26H25N3OS2/c1-26(2)15-19-23(21(30)16-26)24(22-13-8-14-32-22)29(20-12-7-6-11-18(20)28-19)25(31)27-17-9-4-3-5-10-17/h3-14,24,28H,15-16H2,1-2H3,(H,27,31)/t24-/m0/s1. The molecule has 0 unspecified atom stereocenters. The molecule has 1 aliphatic carbocycles. The third-order valence-electron chi connectivity index (χ3n) is 5.96. The van der Waals surface area contributed by atoms with Gasteiger partial charge in [0.25, 0.3) is 0 Å². The SMILES string of the molecule is CC1(C)CC(=O)C2=C(C1)Nc1ccccc1N(C(=S)Nc1ccccc1)[C@H]2c1cccs1. The van der Waals surface area contributed by atoms with E-state index in [4.69, 9.17) is 12.2 Å². The van der Waals surface area contributed by atoms with Gasteiger partial charge < -0.3 is 15.5 Å². The fourth-order valence-electron chi connectivity index (χ4n) is 4.63. The van der Waals surface area contributed by atoms with Crippen LogP contribution in [0.2, 0.25) is 0 Å². The van der Waals surface area contributed by atoms with E-state index in [0.29, 0.717) is 11.5 Å². The van der Waals surface area contributed by atoms with Gasteiger partial charge in [0.05, 0.1) is 11.4 Å². The van der Waals surface area contributed by atoms with E-state index in [-0.39, 0.29) is 17.2 Å². The average Bonchev–Trinajstić information content (AvgIpc) is 3.23. The Bertz CT molecular complexity index is 1200. The topological polar surface area (TPSA) is 44.4 Å². The summed E-state index contributed by atoms with van der Waals surface area (Å²) >= 11 is 7.63. The summed E-state index contributed by atoms with van der Waals surface area (Å²) < 4.78 is 0. The van der Waals surface area contributed by atoms with Gasteiger partial charge in [-0.3, -0.25) is 4.79 Å². The lowest BCUT2D eigenvalue weighted by Crippen LogP contribution is -2.41. The van der Waals surface area contributed by atoms with Crippen molar-refractivity contribution in [2.24, 2.45) is 5.41 Å². The second kappa shape index (κ2) is 8.19. The monoisotopic (exact) mass is 459 g/mol. The van der Waals surface area contributed by atoms with Crippen LogP contribution in [0.3, 0.4) is 0 Å². The molecule has 5 rings (SSSR count). The number of carbonyl (C=O) groups is 1. The highest BCUT2D eigenvalue weighted by molar-refractivity contribution is 7.80. The molecule has 6 heteroatoms. The minimum atomic E-state index is -0.284. The molecule has 2 aromatic carbocycles. The highest BCUT2D eigenvalue weighted by Gasteiger charge is 2.42. The highest BCUT2D eigenvalue weighted by atomic mass is 32.1. The highest BCUT2D eigenvalue weighted by Crippen LogP contribution is 2.49. The molecule has 0 radical (unpaired) electrons. The van der Waals surface area contributed by atoms with Gasteiger partial charge in [-0.1, -0.05) is 50.2 Å². The third kappa shape index (κ3) is 3.85. The van der Waals surface area contributed by atoms with Crippen LogP contribution in [0.1, 0.15) is 37.6 Å². The number of thiophene rings is 1. The maximum atomic E-state index is 13.6. The van der Waals surface area contributed by atoms with E-state index >= 15 is 0 Å². The lowest BCUT2D eigenvalue weighted by Gasteiger charge is -2.37. The number of hydrogen-bond donors (Lipinski definition) is 2. The number of para-hydroxylation sites is 3. The summed E-state index contributed by atoms with van der Waals surface area (Å²) in [6.07, 6.45) is 1.34. The number of carbonyl (C=O) groups excluding carboxylic acids is 1. The van der Waals surface area contributed by atoms with Crippen molar-refractivity contribution in [1.29, 1.82) is 0 Å². The van der Waals surface area contributed by atoms with E-state index in [1.165, 1.54) is 0 Å². The second-order valence-corrected chi connectivity index (χ2v) is 10.4. The van der Waals surface area contributed by atoms with Gasteiger partial charge in [-0.05, 0) is 59.8 Å². The summed E-state index contributed by atoms with van der Waals surface area (Å²) in [4.78, 5) is 16.8. The van der Waals surface area contributed by atoms with Gasteiger partial charge >= 0.3 is 0 Å². The summed E-state index contributed by atoms with van der Waals surface area (Å²) in [6, 6.07) is 21.9. The first-order valence-corrected chi connectivity index (χ1v) is 12.0. The summed E-state index contributed by atoms with van der Waals surface area (Å²) in [7, 11) is 0. The van der Waals surface area contributed by atoms with Crippen molar-refractivity contribution >= 4 is 51.5 Å². The number of nitrogens with zero attached hydrogens (tertiary/aromatic N) is 1. The van der Waals surface area contributed by atoms with Crippen molar-refractivity contribution in [3.05, 3.63) is 88.3 Å². The molecule has 3 aromatic rings. The van der Waals surface area contributed by atoms with Crippen LogP contribution in [0.15, 0.2) is 83.4 Å². The van der Waals surface area contributed by atoms with Crippen LogP contribution in [-0.4, -0.2) is 10.9 Å². The van der Waals surface area contributed by atoms with Gasteiger partial charge in [-0.15, -0.1) is 11.3 Å². The van der Waals surface area contributed by atoms with E-state index in [2.05, 4.69) is 53.0 Å². The zero-order chi connectivity index (χ0) is 22.3. The van der Waals surface area contributed by atoms with Crippen LogP contribution >= 0.6 is 23.6 Å². The second-order valence-electron chi connectivity index (χ2n) is 9.06. The van der Waals surface area contributed by atoms with Crippen molar-refractivity contribution in [3.63, 3.8) is 0 Å². The quantitative estimate of drug-likeness (QED) is 0.415. The Hall–Kier alpha value is -2.96. The van der Waals surface area contributed by atoms with Gasteiger partial charge in [-0.2, -0.15) is 0 Å². The number of fused-ring (bicyclic) bond motifs is 1. The number of allylic oxidation sites excluding steroid dienone is 1. The Kier molecular flexibility index (Phi) is 5.35. The molecule has 4 nitrogen and oxygen atoms in total. The van der Waals surface area contributed by atoms with Crippen molar-refractivity contribution in [3.8, 4) is 0 Å². The number of nitrogens with one attached hydrogen (secondary N) is 2. The first kappa shape index (κ1) is 20.9. The molecule has 32 heavy (non-hydrogen) atoms. The summed E-state index contributed by atoms with van der Waals surface area (Å²) in [5, 5.41) is 9.65. The zero-order valence-corrected chi connectivity index (χ0v) is 19.7. The largest absolute Gasteiger partial charge is 0.357 e. The van der Waals surface area contributed by atoms with Gasteiger partial charge in [0.1, 0.15) is 6.04 Å². The number of ketones is 1. The number of anilines is 3. The van der Waals surface area contributed by atoms with E-state index in [0.717, 1.165) is 39.6 Å². The predicted octanol–water partition coefficient (Wildman–Crippen LogP) is 6.76. The van der Waals surface area contributed by atoms with Crippen molar-refractivity contribution < 1.29 is 4.79 Å². The molecular formula is C26H25N3OS2. The lowest BCUT2D eigenvalue weighted by molar-refractivity contribution is -0.118.